The Balaban J connectivity index is 1.56. The van der Waals surface area contributed by atoms with Crippen LogP contribution in [0.1, 0.15) is 34.6 Å². The standard InChI is InChI=1S/C22H28ClN3O3/c1-15-11-20(16(2)26(15)12-19-5-4-10-29-19)21(27)13-25(3)14-22(28)24-18-8-6-17(23)7-9-18/h6-9,11,19H,4-5,10,12-14H2,1-3H3,(H,24,28)/p+1/t19-/m0/s1. The van der Waals surface area contributed by atoms with Gasteiger partial charge in [-0.15, -0.1) is 0 Å². The highest BCUT2D eigenvalue weighted by molar-refractivity contribution is 6.30. The number of Topliss-reactive ketones (excluding diaryl/α,β-unsaturated/α-hetero) is 1. The lowest BCUT2D eigenvalue weighted by atomic mass is 10.1. The highest BCUT2D eigenvalue weighted by Crippen LogP contribution is 2.20. The van der Waals surface area contributed by atoms with Gasteiger partial charge in [0.25, 0.3) is 5.91 Å². The Hall–Kier alpha value is -2.15. The highest BCUT2D eigenvalue weighted by Gasteiger charge is 2.23. The van der Waals surface area contributed by atoms with Crippen molar-refractivity contribution in [2.45, 2.75) is 39.3 Å². The Morgan fingerprint density at radius 2 is 1.97 bits per heavy atom. The Kier molecular flexibility index (Phi) is 7.11. The molecule has 1 fully saturated rings. The highest BCUT2D eigenvalue weighted by atomic mass is 35.5. The number of aromatic nitrogens is 1. The average molecular weight is 419 g/mol. The van der Waals surface area contributed by atoms with Crippen LogP contribution in [0, 0.1) is 13.8 Å². The lowest BCUT2D eigenvalue weighted by Crippen LogP contribution is -3.11. The van der Waals surface area contributed by atoms with Crippen molar-refractivity contribution in [2.75, 3.05) is 32.1 Å². The molecule has 2 heterocycles. The number of amides is 1. The predicted octanol–water partition coefficient (Wildman–Crippen LogP) is 2.27. The lowest BCUT2D eigenvalue weighted by Gasteiger charge is -2.15. The number of halogens is 1. The van der Waals surface area contributed by atoms with Gasteiger partial charge in [-0.2, -0.15) is 0 Å². The van der Waals surface area contributed by atoms with E-state index in [0.717, 1.165) is 47.8 Å². The van der Waals surface area contributed by atoms with Crippen LogP contribution in [0.4, 0.5) is 5.69 Å². The summed E-state index contributed by atoms with van der Waals surface area (Å²) >= 11 is 5.86. The first-order chi connectivity index (χ1) is 13.8. The number of ketones is 1. The van der Waals surface area contributed by atoms with E-state index in [-0.39, 0.29) is 30.9 Å². The Bertz CT molecular complexity index is 870. The number of likely N-dealkylation sites (N-methyl/N-ethyl adjacent to an activating group) is 1. The monoisotopic (exact) mass is 418 g/mol. The molecule has 1 aromatic heterocycles. The number of ether oxygens (including phenoxy) is 1. The molecular formula is C22H29ClN3O3+. The molecule has 7 heteroatoms. The van der Waals surface area contributed by atoms with Crippen molar-refractivity contribution >= 4 is 29.0 Å². The van der Waals surface area contributed by atoms with Gasteiger partial charge in [0.2, 0.25) is 5.78 Å². The number of quaternary nitrogens is 1. The van der Waals surface area contributed by atoms with E-state index in [1.165, 1.54) is 0 Å². The first-order valence-electron chi connectivity index (χ1n) is 10.0. The largest absolute Gasteiger partial charge is 0.376 e. The van der Waals surface area contributed by atoms with Crippen molar-refractivity contribution in [1.29, 1.82) is 0 Å². The van der Waals surface area contributed by atoms with Gasteiger partial charge in [-0.3, -0.25) is 9.59 Å². The number of hydrogen-bond donors (Lipinski definition) is 2. The zero-order chi connectivity index (χ0) is 21.0. The van der Waals surface area contributed by atoms with Crippen molar-refractivity contribution in [1.82, 2.24) is 4.57 Å². The minimum atomic E-state index is -0.138. The summed E-state index contributed by atoms with van der Waals surface area (Å²) < 4.78 is 7.91. The number of anilines is 1. The molecule has 0 aliphatic carbocycles. The first-order valence-corrected chi connectivity index (χ1v) is 10.4. The molecule has 0 spiro atoms. The minimum Gasteiger partial charge on any atom is -0.376 e. The van der Waals surface area contributed by atoms with E-state index in [2.05, 4.69) is 9.88 Å². The number of aryl methyl sites for hydroxylation is 1. The lowest BCUT2D eigenvalue weighted by molar-refractivity contribution is -0.861. The van der Waals surface area contributed by atoms with Crippen LogP contribution in [0.25, 0.3) is 0 Å². The number of nitrogens with one attached hydrogen (secondary N) is 2. The van der Waals surface area contributed by atoms with Crippen LogP contribution in [0.2, 0.25) is 5.02 Å². The minimum absolute atomic E-state index is 0.0495. The van der Waals surface area contributed by atoms with Gasteiger partial charge < -0.3 is 19.5 Å². The molecule has 2 N–H and O–H groups in total. The molecule has 1 amide bonds. The molecule has 1 aliphatic heterocycles. The van der Waals surface area contributed by atoms with Gasteiger partial charge >= 0.3 is 0 Å². The third-order valence-corrected chi connectivity index (χ3v) is 5.59. The van der Waals surface area contributed by atoms with Gasteiger partial charge in [0.05, 0.1) is 13.2 Å². The molecule has 2 atom stereocenters. The van der Waals surface area contributed by atoms with Crippen LogP contribution in [-0.4, -0.2) is 49.1 Å². The van der Waals surface area contributed by atoms with Crippen LogP contribution in [-0.2, 0) is 16.1 Å². The van der Waals surface area contributed by atoms with Gasteiger partial charge in [0.1, 0.15) is 6.54 Å². The molecular weight excluding hydrogens is 390 g/mol. The molecule has 6 nitrogen and oxygen atoms in total. The molecule has 0 bridgehead atoms. The van der Waals surface area contributed by atoms with Crippen molar-refractivity contribution in [2.24, 2.45) is 0 Å². The maximum Gasteiger partial charge on any atom is 0.279 e. The fourth-order valence-electron chi connectivity index (χ4n) is 3.80. The Labute approximate surface area is 176 Å². The summed E-state index contributed by atoms with van der Waals surface area (Å²) in [6, 6.07) is 8.91. The number of hydrogen-bond acceptors (Lipinski definition) is 3. The van der Waals surface area contributed by atoms with E-state index in [1.54, 1.807) is 24.3 Å². The molecule has 29 heavy (non-hydrogen) atoms. The van der Waals surface area contributed by atoms with Gasteiger partial charge in [0.15, 0.2) is 6.54 Å². The van der Waals surface area contributed by atoms with Crippen molar-refractivity contribution in [3.05, 3.63) is 52.3 Å². The molecule has 1 aromatic carbocycles. The third kappa shape index (κ3) is 5.69. The number of carbonyl (C=O) groups excluding carboxylic acids is 2. The first kappa shape index (κ1) is 21.6. The molecule has 0 saturated carbocycles. The second-order valence-electron chi connectivity index (χ2n) is 7.82. The summed E-state index contributed by atoms with van der Waals surface area (Å²) in [5.41, 5.74) is 3.47. The van der Waals surface area contributed by atoms with Crippen LogP contribution in [0.5, 0.6) is 0 Å². The fraction of sp³-hybridized carbons (Fsp3) is 0.455. The molecule has 1 aliphatic rings. The van der Waals surface area contributed by atoms with E-state index in [4.69, 9.17) is 16.3 Å². The van der Waals surface area contributed by atoms with Crippen molar-refractivity contribution < 1.29 is 19.2 Å². The summed E-state index contributed by atoms with van der Waals surface area (Å²) in [5.74, 6) is -0.0880. The number of benzene rings is 1. The zero-order valence-corrected chi connectivity index (χ0v) is 18.0. The van der Waals surface area contributed by atoms with E-state index >= 15 is 0 Å². The smallest absolute Gasteiger partial charge is 0.279 e. The van der Waals surface area contributed by atoms with Crippen LogP contribution < -0.4 is 10.2 Å². The normalized spacial score (nSPS) is 17.3. The average Bonchev–Trinajstić information content (AvgIpc) is 3.27. The van der Waals surface area contributed by atoms with Gasteiger partial charge in [0, 0.05) is 40.8 Å². The number of carbonyl (C=O) groups is 2. The molecule has 2 aromatic rings. The zero-order valence-electron chi connectivity index (χ0n) is 17.3. The molecule has 1 unspecified atom stereocenters. The van der Waals surface area contributed by atoms with E-state index < -0.39 is 0 Å². The van der Waals surface area contributed by atoms with E-state index in [9.17, 15) is 9.59 Å². The predicted molar refractivity (Wildman–Crippen MR) is 114 cm³/mol. The van der Waals surface area contributed by atoms with Gasteiger partial charge in [-0.25, -0.2) is 0 Å². The maximum absolute atomic E-state index is 12.8. The van der Waals surface area contributed by atoms with E-state index in [0.29, 0.717) is 10.7 Å². The summed E-state index contributed by atoms with van der Waals surface area (Å²) in [4.78, 5) is 25.9. The van der Waals surface area contributed by atoms with Crippen LogP contribution in [0.3, 0.4) is 0 Å². The third-order valence-electron chi connectivity index (χ3n) is 5.34. The number of nitrogens with zero attached hydrogens (tertiary/aromatic N) is 1. The Morgan fingerprint density at radius 1 is 1.24 bits per heavy atom. The van der Waals surface area contributed by atoms with Gasteiger partial charge in [-0.05, 0) is 57.0 Å². The van der Waals surface area contributed by atoms with Crippen LogP contribution in [0.15, 0.2) is 30.3 Å². The summed E-state index contributed by atoms with van der Waals surface area (Å²) in [5, 5.41) is 3.45. The second-order valence-corrected chi connectivity index (χ2v) is 8.26. The fourth-order valence-corrected chi connectivity index (χ4v) is 3.93. The summed E-state index contributed by atoms with van der Waals surface area (Å²) in [6.07, 6.45) is 2.39. The molecule has 1 saturated heterocycles. The van der Waals surface area contributed by atoms with Crippen LogP contribution >= 0.6 is 11.6 Å². The second kappa shape index (κ2) is 9.57. The SMILES string of the molecule is Cc1cc(C(=O)C[NH+](C)CC(=O)Nc2ccc(Cl)cc2)c(C)n1C[C@@H]1CCCO1. The molecule has 156 valence electrons. The summed E-state index contributed by atoms with van der Waals surface area (Å²) in [7, 11) is 1.85. The van der Waals surface area contributed by atoms with Gasteiger partial charge in [-0.1, -0.05) is 11.6 Å². The quantitative estimate of drug-likeness (QED) is 0.646. The van der Waals surface area contributed by atoms with E-state index in [1.807, 2.05) is 27.0 Å². The molecule has 0 radical (unpaired) electrons. The van der Waals surface area contributed by atoms with Crippen molar-refractivity contribution in [3.8, 4) is 0 Å². The number of rotatable bonds is 8. The topological polar surface area (TPSA) is 64.8 Å². The van der Waals surface area contributed by atoms with Crippen molar-refractivity contribution in [3.63, 3.8) is 0 Å². The Morgan fingerprint density at radius 3 is 2.62 bits per heavy atom. The summed E-state index contributed by atoms with van der Waals surface area (Å²) in [6.45, 7) is 6.09. The maximum atomic E-state index is 12.8. The molecule has 3 rings (SSSR count).